The van der Waals surface area contributed by atoms with Crippen LogP contribution in [0.1, 0.15) is 34.5 Å². The summed E-state index contributed by atoms with van der Waals surface area (Å²) in [5.74, 6) is -0.347. The van der Waals surface area contributed by atoms with E-state index in [9.17, 15) is 4.79 Å². The van der Waals surface area contributed by atoms with Crippen LogP contribution in [0.4, 0.5) is 0 Å². The molecule has 1 heterocycles. The van der Waals surface area contributed by atoms with Gasteiger partial charge < -0.3 is 9.84 Å². The van der Waals surface area contributed by atoms with Gasteiger partial charge in [0.2, 0.25) is 0 Å². The van der Waals surface area contributed by atoms with Gasteiger partial charge in [-0.1, -0.05) is 0 Å². The lowest BCUT2D eigenvalue weighted by atomic mass is 10.1. The van der Waals surface area contributed by atoms with Gasteiger partial charge in [0.25, 0.3) is 0 Å². The van der Waals surface area contributed by atoms with Crippen molar-refractivity contribution in [3.63, 3.8) is 0 Å². The van der Waals surface area contributed by atoms with Gasteiger partial charge in [0.05, 0.1) is 18.0 Å². The molecule has 1 aromatic rings. The molecule has 0 aliphatic rings. The van der Waals surface area contributed by atoms with Crippen LogP contribution in [0.2, 0.25) is 0 Å². The Balaban J connectivity index is 2.87. The van der Waals surface area contributed by atoms with E-state index in [0.29, 0.717) is 36.8 Å². The lowest BCUT2D eigenvalue weighted by molar-refractivity contribution is 0.0694. The Hall–Kier alpha value is -1.49. The molecule has 0 aliphatic heterocycles. The maximum absolute atomic E-state index is 10.9. The van der Waals surface area contributed by atoms with Gasteiger partial charge in [0.1, 0.15) is 11.4 Å². The predicted octanol–water partition coefficient (Wildman–Crippen LogP) is 1.37. The van der Waals surface area contributed by atoms with E-state index in [1.165, 1.54) is 0 Å². The Morgan fingerprint density at radius 1 is 1.31 bits per heavy atom. The molecule has 0 spiro atoms. The van der Waals surface area contributed by atoms with E-state index in [1.54, 1.807) is 13.8 Å². The number of hydrogen-bond donors (Lipinski definition) is 1. The van der Waals surface area contributed by atoms with Gasteiger partial charge in [0, 0.05) is 13.0 Å². The first kappa shape index (κ1) is 12.6. The van der Waals surface area contributed by atoms with Crippen molar-refractivity contribution in [2.75, 3.05) is 13.2 Å². The highest BCUT2D eigenvalue weighted by atomic mass is 16.5. The number of aryl methyl sites for hydroxylation is 2. The number of nitrogens with zero attached hydrogens (tertiary/aromatic N) is 2. The lowest BCUT2D eigenvalue weighted by Gasteiger charge is -2.07. The van der Waals surface area contributed by atoms with Crippen LogP contribution in [-0.2, 0) is 11.2 Å². The van der Waals surface area contributed by atoms with E-state index in [-0.39, 0.29) is 5.56 Å². The van der Waals surface area contributed by atoms with Crippen LogP contribution in [0.5, 0.6) is 0 Å². The Morgan fingerprint density at radius 3 is 2.31 bits per heavy atom. The largest absolute Gasteiger partial charge is 0.478 e. The fourth-order valence-electron chi connectivity index (χ4n) is 1.51. The second-order valence-corrected chi connectivity index (χ2v) is 3.44. The summed E-state index contributed by atoms with van der Waals surface area (Å²) >= 11 is 0. The number of carboxylic acid groups (broad SMARTS) is 1. The average molecular weight is 224 g/mol. The second kappa shape index (κ2) is 5.55. The molecule has 0 radical (unpaired) electrons. The summed E-state index contributed by atoms with van der Waals surface area (Å²) in [4.78, 5) is 19.2. The minimum atomic E-state index is -0.980. The molecule has 5 nitrogen and oxygen atoms in total. The molecular formula is C11H16N2O3. The molecule has 0 fully saturated rings. The van der Waals surface area contributed by atoms with Crippen molar-refractivity contribution in [2.24, 2.45) is 0 Å². The second-order valence-electron chi connectivity index (χ2n) is 3.44. The maximum Gasteiger partial charge on any atom is 0.339 e. The van der Waals surface area contributed by atoms with Gasteiger partial charge in [-0.15, -0.1) is 0 Å². The van der Waals surface area contributed by atoms with Crippen molar-refractivity contribution in [2.45, 2.75) is 27.2 Å². The molecule has 16 heavy (non-hydrogen) atoms. The smallest absolute Gasteiger partial charge is 0.339 e. The molecule has 0 atom stereocenters. The molecule has 88 valence electrons. The molecule has 1 aromatic heterocycles. The zero-order valence-electron chi connectivity index (χ0n) is 9.78. The van der Waals surface area contributed by atoms with Crippen molar-refractivity contribution < 1.29 is 14.6 Å². The molecule has 0 aromatic carbocycles. The SMILES string of the molecule is CCOCCc1nc(C)c(C(=O)O)c(C)n1. The third kappa shape index (κ3) is 3.00. The van der Waals surface area contributed by atoms with E-state index in [0.717, 1.165) is 0 Å². The summed E-state index contributed by atoms with van der Waals surface area (Å²) in [6.07, 6.45) is 0.607. The standard InChI is InChI=1S/C11H16N2O3/c1-4-16-6-5-9-12-7(2)10(11(14)15)8(3)13-9/h4-6H2,1-3H3,(H,14,15). The number of hydrogen-bond acceptors (Lipinski definition) is 4. The summed E-state index contributed by atoms with van der Waals surface area (Å²) in [5.41, 5.74) is 1.21. The molecule has 0 unspecified atom stereocenters. The van der Waals surface area contributed by atoms with E-state index in [2.05, 4.69) is 9.97 Å². The number of aromatic carboxylic acids is 1. The highest BCUT2D eigenvalue weighted by Gasteiger charge is 2.14. The quantitative estimate of drug-likeness (QED) is 0.765. The molecular weight excluding hydrogens is 208 g/mol. The zero-order valence-corrected chi connectivity index (χ0v) is 9.78. The van der Waals surface area contributed by atoms with Crippen molar-refractivity contribution >= 4 is 5.97 Å². The fraction of sp³-hybridized carbons (Fsp3) is 0.545. The first-order chi connectivity index (χ1) is 7.56. The van der Waals surface area contributed by atoms with Gasteiger partial charge in [-0.05, 0) is 20.8 Å². The summed E-state index contributed by atoms with van der Waals surface area (Å²) in [7, 11) is 0. The third-order valence-corrected chi connectivity index (χ3v) is 2.21. The summed E-state index contributed by atoms with van der Waals surface area (Å²) in [6, 6.07) is 0. The summed E-state index contributed by atoms with van der Waals surface area (Å²) in [6.45, 7) is 6.50. The topological polar surface area (TPSA) is 72.3 Å². The first-order valence-electron chi connectivity index (χ1n) is 5.21. The molecule has 0 amide bonds. The molecule has 0 saturated heterocycles. The van der Waals surface area contributed by atoms with Gasteiger partial charge in [0.15, 0.2) is 0 Å². The Kier molecular flexibility index (Phi) is 4.37. The minimum Gasteiger partial charge on any atom is -0.478 e. The fourth-order valence-corrected chi connectivity index (χ4v) is 1.51. The van der Waals surface area contributed by atoms with Crippen molar-refractivity contribution in [1.82, 2.24) is 9.97 Å². The maximum atomic E-state index is 10.9. The van der Waals surface area contributed by atoms with E-state index in [4.69, 9.17) is 9.84 Å². The zero-order chi connectivity index (χ0) is 12.1. The van der Waals surface area contributed by atoms with Crippen LogP contribution >= 0.6 is 0 Å². The summed E-state index contributed by atoms with van der Waals surface area (Å²) in [5, 5.41) is 8.95. The monoisotopic (exact) mass is 224 g/mol. The molecule has 5 heteroatoms. The van der Waals surface area contributed by atoms with Crippen molar-refractivity contribution in [3.8, 4) is 0 Å². The van der Waals surface area contributed by atoms with Crippen LogP contribution < -0.4 is 0 Å². The number of carboxylic acids is 1. The van der Waals surface area contributed by atoms with Crippen LogP contribution in [0.25, 0.3) is 0 Å². The molecule has 0 saturated carbocycles. The van der Waals surface area contributed by atoms with Gasteiger partial charge in [-0.2, -0.15) is 0 Å². The Labute approximate surface area is 94.5 Å². The minimum absolute atomic E-state index is 0.195. The van der Waals surface area contributed by atoms with Crippen LogP contribution in [0.15, 0.2) is 0 Å². The molecule has 1 N–H and O–H groups in total. The number of rotatable bonds is 5. The number of aromatic nitrogens is 2. The van der Waals surface area contributed by atoms with Crippen LogP contribution in [0, 0.1) is 13.8 Å². The molecule has 0 bridgehead atoms. The average Bonchev–Trinajstić information content (AvgIpc) is 2.16. The Bertz CT molecular complexity index is 368. The molecule has 0 aliphatic carbocycles. The van der Waals surface area contributed by atoms with Crippen LogP contribution in [-0.4, -0.2) is 34.3 Å². The highest BCUT2D eigenvalue weighted by molar-refractivity contribution is 5.89. The van der Waals surface area contributed by atoms with Gasteiger partial charge in [-0.3, -0.25) is 0 Å². The third-order valence-electron chi connectivity index (χ3n) is 2.21. The van der Waals surface area contributed by atoms with Crippen molar-refractivity contribution in [1.29, 1.82) is 0 Å². The lowest BCUT2D eigenvalue weighted by Crippen LogP contribution is -2.11. The van der Waals surface area contributed by atoms with Crippen LogP contribution in [0.3, 0.4) is 0 Å². The number of ether oxygens (including phenoxy) is 1. The highest BCUT2D eigenvalue weighted by Crippen LogP contribution is 2.10. The van der Waals surface area contributed by atoms with E-state index in [1.807, 2.05) is 6.92 Å². The van der Waals surface area contributed by atoms with E-state index >= 15 is 0 Å². The number of carbonyl (C=O) groups is 1. The van der Waals surface area contributed by atoms with Gasteiger partial charge in [-0.25, -0.2) is 14.8 Å². The van der Waals surface area contributed by atoms with E-state index < -0.39 is 5.97 Å². The normalized spacial score (nSPS) is 10.4. The molecule has 1 rings (SSSR count). The predicted molar refractivity (Wildman–Crippen MR) is 58.7 cm³/mol. The first-order valence-corrected chi connectivity index (χ1v) is 5.21. The Morgan fingerprint density at radius 2 is 1.88 bits per heavy atom. The van der Waals surface area contributed by atoms with Crippen molar-refractivity contribution in [3.05, 3.63) is 22.8 Å². The van der Waals surface area contributed by atoms with Gasteiger partial charge >= 0.3 is 5.97 Å². The summed E-state index contributed by atoms with van der Waals surface area (Å²) < 4.78 is 5.20.